The summed E-state index contributed by atoms with van der Waals surface area (Å²) in [6.45, 7) is 1.96. The van der Waals surface area contributed by atoms with Crippen molar-refractivity contribution in [3.05, 3.63) is 28.3 Å². The molecule has 0 saturated heterocycles. The predicted molar refractivity (Wildman–Crippen MR) is 63.3 cm³/mol. The van der Waals surface area contributed by atoms with Crippen LogP contribution in [-0.2, 0) is 0 Å². The van der Waals surface area contributed by atoms with Gasteiger partial charge in [0.05, 0.1) is 20.8 Å². The fourth-order valence-corrected chi connectivity index (χ4v) is 2.90. The van der Waals surface area contributed by atoms with E-state index in [2.05, 4.69) is 4.98 Å². The lowest BCUT2D eigenvalue weighted by atomic mass is 10.1. The Bertz CT molecular complexity index is 584. The van der Waals surface area contributed by atoms with Crippen LogP contribution in [0.4, 0.5) is 0 Å². The number of benzene rings is 1. The minimum absolute atomic E-state index is 0.387. The van der Waals surface area contributed by atoms with Crippen LogP contribution in [0.15, 0.2) is 12.1 Å². The molecule has 0 radical (unpaired) electrons. The normalized spacial score (nSPS) is 15.6. The van der Waals surface area contributed by atoms with Gasteiger partial charge in [-0.25, -0.2) is 9.78 Å². The molecule has 1 heterocycles. The van der Waals surface area contributed by atoms with Crippen LogP contribution in [0.3, 0.4) is 0 Å². The molecule has 0 atom stereocenters. The van der Waals surface area contributed by atoms with E-state index in [1.165, 1.54) is 0 Å². The van der Waals surface area contributed by atoms with E-state index < -0.39 is 5.97 Å². The Morgan fingerprint density at radius 1 is 1.50 bits per heavy atom. The highest BCUT2D eigenvalue weighted by atomic mass is 32.1. The number of thiazole rings is 1. The van der Waals surface area contributed by atoms with Gasteiger partial charge < -0.3 is 5.11 Å². The molecule has 0 spiro atoms. The average Bonchev–Trinajstić information content (AvgIpc) is 2.98. The summed E-state index contributed by atoms with van der Waals surface area (Å²) in [4.78, 5) is 15.5. The Balaban J connectivity index is 2.29. The van der Waals surface area contributed by atoms with Crippen LogP contribution < -0.4 is 0 Å². The van der Waals surface area contributed by atoms with Crippen molar-refractivity contribution in [2.24, 2.45) is 0 Å². The molecule has 3 rings (SSSR count). The lowest BCUT2D eigenvalue weighted by molar-refractivity contribution is 0.0697. The summed E-state index contributed by atoms with van der Waals surface area (Å²) in [5.41, 5.74) is 2.52. The molecule has 1 saturated carbocycles. The van der Waals surface area contributed by atoms with Crippen molar-refractivity contribution in [3.63, 3.8) is 0 Å². The van der Waals surface area contributed by atoms with Gasteiger partial charge >= 0.3 is 5.97 Å². The molecule has 0 amide bonds. The van der Waals surface area contributed by atoms with Gasteiger partial charge in [0, 0.05) is 0 Å². The van der Waals surface area contributed by atoms with E-state index in [4.69, 9.17) is 5.11 Å². The predicted octanol–water partition coefficient (Wildman–Crippen LogP) is 3.18. The van der Waals surface area contributed by atoms with Crippen molar-refractivity contribution in [1.82, 2.24) is 4.98 Å². The van der Waals surface area contributed by atoms with Gasteiger partial charge in [0.2, 0.25) is 0 Å². The number of aromatic nitrogens is 1. The lowest BCUT2D eigenvalue weighted by Gasteiger charge is -2.02. The van der Waals surface area contributed by atoms with Crippen molar-refractivity contribution in [2.75, 3.05) is 0 Å². The van der Waals surface area contributed by atoms with E-state index in [9.17, 15) is 4.79 Å². The number of aromatic carboxylic acids is 1. The number of carboxylic acid groups (broad SMARTS) is 1. The maximum atomic E-state index is 11.0. The number of fused-ring (bicyclic) bond motifs is 1. The Morgan fingerprint density at radius 2 is 2.25 bits per heavy atom. The van der Waals surface area contributed by atoms with E-state index >= 15 is 0 Å². The summed E-state index contributed by atoms with van der Waals surface area (Å²) in [6.07, 6.45) is 2.32. The van der Waals surface area contributed by atoms with Crippen LogP contribution in [-0.4, -0.2) is 16.1 Å². The maximum Gasteiger partial charge on any atom is 0.335 e. The third-order valence-electron chi connectivity index (χ3n) is 2.90. The molecule has 4 heteroatoms. The van der Waals surface area contributed by atoms with E-state index in [0.717, 1.165) is 33.6 Å². The Kier molecular flexibility index (Phi) is 2.01. The SMILES string of the molecule is Cc1nc2c(C3CC3)cc(C(=O)O)cc2s1. The minimum atomic E-state index is -0.852. The molecule has 0 unspecified atom stereocenters. The molecular weight excluding hydrogens is 222 g/mol. The van der Waals surface area contributed by atoms with Gasteiger partial charge in [-0.05, 0) is 43.4 Å². The van der Waals surface area contributed by atoms with E-state index in [0.29, 0.717) is 11.5 Å². The Labute approximate surface area is 96.7 Å². The van der Waals surface area contributed by atoms with E-state index in [1.807, 2.05) is 6.92 Å². The van der Waals surface area contributed by atoms with E-state index in [1.54, 1.807) is 23.5 Å². The van der Waals surface area contributed by atoms with Crippen LogP contribution in [0.25, 0.3) is 10.2 Å². The molecule has 1 aromatic carbocycles. The zero-order valence-electron chi connectivity index (χ0n) is 8.86. The largest absolute Gasteiger partial charge is 0.478 e. The average molecular weight is 233 g/mol. The molecule has 2 aromatic rings. The smallest absolute Gasteiger partial charge is 0.335 e. The number of carboxylic acids is 1. The molecule has 0 aliphatic heterocycles. The second-order valence-corrected chi connectivity index (χ2v) is 5.46. The fraction of sp³-hybridized carbons (Fsp3) is 0.333. The van der Waals surface area contributed by atoms with Gasteiger partial charge in [-0.1, -0.05) is 0 Å². The second kappa shape index (κ2) is 3.28. The molecule has 82 valence electrons. The highest BCUT2D eigenvalue weighted by molar-refractivity contribution is 7.18. The zero-order chi connectivity index (χ0) is 11.3. The van der Waals surface area contributed by atoms with Gasteiger partial charge in [-0.2, -0.15) is 0 Å². The van der Waals surface area contributed by atoms with Crippen LogP contribution in [0, 0.1) is 6.92 Å². The highest BCUT2D eigenvalue weighted by Crippen LogP contribution is 2.44. The highest BCUT2D eigenvalue weighted by Gasteiger charge is 2.27. The standard InChI is InChI=1S/C12H11NO2S/c1-6-13-11-9(7-2-3-7)4-8(12(14)15)5-10(11)16-6/h4-5,7H,2-3H2,1H3,(H,14,15). The molecule has 1 aromatic heterocycles. The minimum Gasteiger partial charge on any atom is -0.478 e. The number of aryl methyl sites for hydroxylation is 1. The zero-order valence-corrected chi connectivity index (χ0v) is 9.67. The maximum absolute atomic E-state index is 11.0. The topological polar surface area (TPSA) is 50.2 Å². The first kappa shape index (κ1) is 9.78. The van der Waals surface area contributed by atoms with Crippen LogP contribution in [0.2, 0.25) is 0 Å². The first-order valence-corrected chi connectivity index (χ1v) is 6.11. The number of hydrogen-bond donors (Lipinski definition) is 1. The second-order valence-electron chi connectivity index (χ2n) is 4.22. The molecular formula is C12H11NO2S. The van der Waals surface area contributed by atoms with Gasteiger partial charge in [-0.3, -0.25) is 0 Å². The molecule has 3 nitrogen and oxygen atoms in total. The van der Waals surface area contributed by atoms with Crippen molar-refractivity contribution >= 4 is 27.5 Å². The van der Waals surface area contributed by atoms with Crippen molar-refractivity contribution in [2.45, 2.75) is 25.7 Å². The summed E-state index contributed by atoms with van der Waals surface area (Å²) < 4.78 is 0.999. The van der Waals surface area contributed by atoms with Gasteiger partial charge in [0.25, 0.3) is 0 Å². The molecule has 16 heavy (non-hydrogen) atoms. The molecule has 1 N–H and O–H groups in total. The van der Waals surface area contributed by atoms with Gasteiger partial charge in [0.1, 0.15) is 0 Å². The molecule has 1 aliphatic rings. The number of hydrogen-bond acceptors (Lipinski definition) is 3. The summed E-state index contributed by atoms with van der Waals surface area (Å²) in [6, 6.07) is 3.52. The van der Waals surface area contributed by atoms with Crippen LogP contribution >= 0.6 is 11.3 Å². The van der Waals surface area contributed by atoms with E-state index in [-0.39, 0.29) is 0 Å². The molecule has 1 fully saturated rings. The molecule has 1 aliphatic carbocycles. The van der Waals surface area contributed by atoms with Gasteiger partial charge in [0.15, 0.2) is 0 Å². The third-order valence-corrected chi connectivity index (χ3v) is 3.81. The third kappa shape index (κ3) is 1.50. The van der Waals surface area contributed by atoms with Crippen molar-refractivity contribution in [1.29, 1.82) is 0 Å². The molecule has 0 bridgehead atoms. The van der Waals surface area contributed by atoms with Crippen molar-refractivity contribution in [3.8, 4) is 0 Å². The summed E-state index contributed by atoms with van der Waals surface area (Å²) >= 11 is 1.57. The Hall–Kier alpha value is -1.42. The summed E-state index contributed by atoms with van der Waals surface area (Å²) in [5, 5.41) is 10.1. The number of carbonyl (C=O) groups is 1. The van der Waals surface area contributed by atoms with Crippen LogP contribution in [0.1, 0.15) is 39.7 Å². The summed E-state index contributed by atoms with van der Waals surface area (Å²) in [7, 11) is 0. The van der Waals surface area contributed by atoms with Crippen molar-refractivity contribution < 1.29 is 9.90 Å². The summed E-state index contributed by atoms with van der Waals surface area (Å²) in [5.74, 6) is -0.321. The van der Waals surface area contributed by atoms with Gasteiger partial charge in [-0.15, -0.1) is 11.3 Å². The first-order chi connectivity index (χ1) is 7.65. The lowest BCUT2D eigenvalue weighted by Crippen LogP contribution is -1.97. The first-order valence-electron chi connectivity index (χ1n) is 5.29. The fourth-order valence-electron chi connectivity index (χ4n) is 2.00. The number of rotatable bonds is 2. The Morgan fingerprint density at radius 3 is 2.88 bits per heavy atom. The van der Waals surface area contributed by atoms with Crippen LogP contribution in [0.5, 0.6) is 0 Å². The monoisotopic (exact) mass is 233 g/mol. The quantitative estimate of drug-likeness (QED) is 0.866. The number of nitrogens with zero attached hydrogens (tertiary/aromatic N) is 1.